The summed E-state index contributed by atoms with van der Waals surface area (Å²) in [5.74, 6) is -2.74. The minimum Gasteiger partial charge on any atom is -0.368 e. The number of nitrogens with one attached hydrogen (secondary N) is 6. The zero-order valence-electron chi connectivity index (χ0n) is 22.4. The summed E-state index contributed by atoms with van der Waals surface area (Å²) in [5, 5.41) is 8.01. The molecule has 16 nitrogen and oxygen atoms in total. The standard InChI is InChI=1S/C25H33N11O5/c1-14(37)33-20(7-17-10-29-13-32-17)25(41)36-4-2-3-21(36)24(40)35-19(6-16-9-28-12-31-16)23(39)34-18(22(26)38)5-15-8-27-11-30-15/h8-13,18-21H,2-7H2,1H3,(H2,26,38)(H,27,30)(H,28,31)(H,29,32)(H,33,37)(H,34,39)(H,35,40)/t18-,19-,20-,21-/m0/s1. The summed E-state index contributed by atoms with van der Waals surface area (Å²) in [5.41, 5.74) is 7.33. The number of carbonyl (C=O) groups excluding carboxylic acids is 5. The fourth-order valence-electron chi connectivity index (χ4n) is 4.77. The Morgan fingerprint density at radius 2 is 1.39 bits per heavy atom. The number of nitrogens with two attached hydrogens (primary N) is 1. The van der Waals surface area contributed by atoms with E-state index in [2.05, 4.69) is 45.9 Å². The molecule has 0 aromatic carbocycles. The highest BCUT2D eigenvalue weighted by molar-refractivity contribution is 5.95. The lowest BCUT2D eigenvalue weighted by atomic mass is 10.1. The van der Waals surface area contributed by atoms with Gasteiger partial charge in [0.05, 0.1) is 19.0 Å². The highest BCUT2D eigenvalue weighted by Gasteiger charge is 2.39. The van der Waals surface area contributed by atoms with Gasteiger partial charge in [0.25, 0.3) is 0 Å². The third kappa shape index (κ3) is 7.77. The van der Waals surface area contributed by atoms with Crippen LogP contribution in [0.15, 0.2) is 37.6 Å². The Kier molecular flexibility index (Phi) is 9.44. The second-order valence-corrected chi connectivity index (χ2v) is 9.81. The summed E-state index contributed by atoms with van der Waals surface area (Å²) < 4.78 is 0. The first-order valence-corrected chi connectivity index (χ1v) is 13.1. The number of aromatic amines is 3. The van der Waals surface area contributed by atoms with E-state index in [1.54, 1.807) is 6.20 Å². The van der Waals surface area contributed by atoms with Crippen molar-refractivity contribution in [1.29, 1.82) is 0 Å². The zero-order valence-corrected chi connectivity index (χ0v) is 22.4. The van der Waals surface area contributed by atoms with Crippen LogP contribution < -0.4 is 21.7 Å². The molecule has 218 valence electrons. The Morgan fingerprint density at radius 3 is 1.88 bits per heavy atom. The van der Waals surface area contributed by atoms with E-state index >= 15 is 0 Å². The van der Waals surface area contributed by atoms with Crippen LogP contribution in [0.5, 0.6) is 0 Å². The van der Waals surface area contributed by atoms with Crippen molar-refractivity contribution in [3.63, 3.8) is 0 Å². The molecule has 1 aliphatic rings. The number of nitrogens with zero attached hydrogens (tertiary/aromatic N) is 4. The van der Waals surface area contributed by atoms with Crippen molar-refractivity contribution in [2.24, 2.45) is 5.73 Å². The van der Waals surface area contributed by atoms with Gasteiger partial charge in [-0.15, -0.1) is 0 Å². The number of rotatable bonds is 13. The molecule has 4 rings (SSSR count). The Morgan fingerprint density at radius 1 is 0.854 bits per heavy atom. The molecule has 4 heterocycles. The summed E-state index contributed by atoms with van der Waals surface area (Å²) >= 11 is 0. The highest BCUT2D eigenvalue weighted by atomic mass is 16.2. The van der Waals surface area contributed by atoms with Crippen molar-refractivity contribution < 1.29 is 24.0 Å². The molecule has 0 spiro atoms. The van der Waals surface area contributed by atoms with E-state index in [1.165, 1.54) is 43.2 Å². The first-order chi connectivity index (χ1) is 19.7. The van der Waals surface area contributed by atoms with Crippen LogP contribution in [-0.2, 0) is 43.2 Å². The quantitative estimate of drug-likeness (QED) is 0.120. The smallest absolute Gasteiger partial charge is 0.246 e. The SMILES string of the molecule is CC(=O)N[C@@H](Cc1cnc[nH]1)C(=O)N1CCC[C@H]1C(=O)N[C@@H](Cc1cnc[nH]1)C(=O)N[C@@H](Cc1cnc[nH]1)C(N)=O. The number of imidazole rings is 3. The maximum Gasteiger partial charge on any atom is 0.246 e. The third-order valence-corrected chi connectivity index (χ3v) is 6.74. The molecule has 41 heavy (non-hydrogen) atoms. The summed E-state index contributed by atoms with van der Waals surface area (Å²) in [6, 6.07) is -3.95. The summed E-state index contributed by atoms with van der Waals surface area (Å²) in [7, 11) is 0. The number of primary amides is 1. The molecule has 0 unspecified atom stereocenters. The van der Waals surface area contributed by atoms with Crippen molar-refractivity contribution >= 4 is 29.5 Å². The average molecular weight is 568 g/mol. The lowest BCUT2D eigenvalue weighted by Crippen LogP contribution is -2.58. The first kappa shape index (κ1) is 29.0. The fraction of sp³-hybridized carbons (Fsp3) is 0.440. The minimum absolute atomic E-state index is 0.0438. The molecule has 8 N–H and O–H groups in total. The van der Waals surface area contributed by atoms with Crippen molar-refractivity contribution in [1.82, 2.24) is 50.8 Å². The average Bonchev–Trinajstić information content (AvgIpc) is 3.74. The lowest BCUT2D eigenvalue weighted by molar-refractivity contribution is -0.142. The van der Waals surface area contributed by atoms with Crippen molar-refractivity contribution in [2.45, 2.75) is 63.2 Å². The lowest BCUT2D eigenvalue weighted by Gasteiger charge is -2.29. The van der Waals surface area contributed by atoms with Gasteiger partial charge in [-0.05, 0) is 12.8 Å². The van der Waals surface area contributed by atoms with Crippen molar-refractivity contribution in [2.75, 3.05) is 6.54 Å². The number of hydrogen-bond acceptors (Lipinski definition) is 8. The largest absolute Gasteiger partial charge is 0.368 e. The van der Waals surface area contributed by atoms with E-state index in [0.29, 0.717) is 36.5 Å². The number of hydrogen-bond donors (Lipinski definition) is 7. The van der Waals surface area contributed by atoms with Crippen LogP contribution in [0, 0.1) is 0 Å². The first-order valence-electron chi connectivity index (χ1n) is 13.1. The summed E-state index contributed by atoms with van der Waals surface area (Å²) in [4.78, 5) is 86.2. The molecule has 4 atom stereocenters. The van der Waals surface area contributed by atoms with Gasteiger partial charge in [-0.1, -0.05) is 0 Å². The maximum atomic E-state index is 13.5. The van der Waals surface area contributed by atoms with E-state index in [4.69, 9.17) is 5.73 Å². The van der Waals surface area contributed by atoms with Crippen LogP contribution in [-0.4, -0.2) is 95.1 Å². The van der Waals surface area contributed by atoms with E-state index in [9.17, 15) is 24.0 Å². The molecule has 1 fully saturated rings. The zero-order chi connectivity index (χ0) is 29.4. The second kappa shape index (κ2) is 13.4. The van der Waals surface area contributed by atoms with Gasteiger partial charge in [0.1, 0.15) is 24.2 Å². The maximum absolute atomic E-state index is 13.5. The van der Waals surface area contributed by atoms with Gasteiger partial charge in [0.15, 0.2) is 0 Å². The number of likely N-dealkylation sites (tertiary alicyclic amines) is 1. The van der Waals surface area contributed by atoms with Crippen molar-refractivity contribution in [3.05, 3.63) is 54.7 Å². The molecule has 0 saturated carbocycles. The summed E-state index contributed by atoms with van der Waals surface area (Å²) in [6.07, 6.45) is 10.2. The van der Waals surface area contributed by atoms with Crippen LogP contribution in [0.25, 0.3) is 0 Å². The third-order valence-electron chi connectivity index (χ3n) is 6.74. The predicted octanol–water partition coefficient (Wildman–Crippen LogP) is -2.17. The van der Waals surface area contributed by atoms with E-state index in [1.807, 2.05) is 0 Å². The molecule has 1 saturated heterocycles. The summed E-state index contributed by atoms with van der Waals surface area (Å²) in [6.45, 7) is 1.62. The van der Waals surface area contributed by atoms with Gasteiger partial charge in [-0.2, -0.15) is 0 Å². The van der Waals surface area contributed by atoms with Crippen LogP contribution in [0.4, 0.5) is 0 Å². The number of amides is 5. The van der Waals surface area contributed by atoms with E-state index in [0.717, 1.165) is 0 Å². The van der Waals surface area contributed by atoms with Gasteiger partial charge in [-0.25, -0.2) is 15.0 Å². The van der Waals surface area contributed by atoms with Crippen LogP contribution >= 0.6 is 0 Å². The molecule has 3 aromatic rings. The van der Waals surface area contributed by atoms with Crippen LogP contribution in [0.3, 0.4) is 0 Å². The molecular weight excluding hydrogens is 534 g/mol. The number of aromatic nitrogens is 6. The highest BCUT2D eigenvalue weighted by Crippen LogP contribution is 2.20. The van der Waals surface area contributed by atoms with Crippen molar-refractivity contribution in [3.8, 4) is 0 Å². The second-order valence-electron chi connectivity index (χ2n) is 9.81. The Hall–Kier alpha value is -5.02. The Bertz CT molecular complexity index is 1320. The van der Waals surface area contributed by atoms with E-state index < -0.39 is 53.7 Å². The van der Waals surface area contributed by atoms with Crippen LogP contribution in [0.1, 0.15) is 36.8 Å². The van der Waals surface area contributed by atoms with E-state index in [-0.39, 0.29) is 19.3 Å². The monoisotopic (exact) mass is 567 g/mol. The molecule has 5 amide bonds. The molecule has 0 aliphatic carbocycles. The van der Waals surface area contributed by atoms with Gasteiger partial charge >= 0.3 is 0 Å². The molecule has 16 heteroatoms. The van der Waals surface area contributed by atoms with Gasteiger partial charge < -0.3 is 41.5 Å². The normalized spacial score (nSPS) is 16.9. The predicted molar refractivity (Wildman–Crippen MR) is 142 cm³/mol. The Labute approximate surface area is 234 Å². The molecule has 1 aliphatic heterocycles. The minimum atomic E-state index is -1.11. The molecule has 3 aromatic heterocycles. The number of H-pyrrole nitrogens is 3. The van der Waals surface area contributed by atoms with Gasteiger partial charge in [-0.3, -0.25) is 24.0 Å². The molecular formula is C25H33N11O5. The Balaban J connectivity index is 1.48. The van der Waals surface area contributed by atoms with Crippen LogP contribution in [0.2, 0.25) is 0 Å². The van der Waals surface area contributed by atoms with Gasteiger partial charge in [0.2, 0.25) is 29.5 Å². The molecule has 0 radical (unpaired) electrons. The van der Waals surface area contributed by atoms with Gasteiger partial charge in [0, 0.05) is 68.4 Å². The number of carbonyl (C=O) groups is 5. The molecule has 0 bridgehead atoms. The fourth-order valence-corrected chi connectivity index (χ4v) is 4.77. The topological polar surface area (TPSA) is 237 Å².